The summed E-state index contributed by atoms with van der Waals surface area (Å²) in [5.74, 6) is 0.299. The van der Waals surface area contributed by atoms with E-state index in [0.29, 0.717) is 17.0 Å². The number of aryl methyl sites for hydroxylation is 1. The Balaban J connectivity index is 3.08. The number of hydrogen-bond donors (Lipinski definition) is 3. The number of pyridine rings is 1. The zero-order valence-electron chi connectivity index (χ0n) is 6.15. The van der Waals surface area contributed by atoms with Crippen LogP contribution in [0.3, 0.4) is 0 Å². The second kappa shape index (κ2) is 2.90. The molecule has 0 saturated heterocycles. The van der Waals surface area contributed by atoms with Crippen molar-refractivity contribution in [1.82, 2.24) is 4.98 Å². The van der Waals surface area contributed by atoms with Crippen LogP contribution in [0.5, 0.6) is 0 Å². The standard InChI is InChI=1S/C6H9BN2O2/c1-4-2-5(7(10)11)3-6(8)9-4/h2-3,10-11H,1H3,(H2,8,9). The van der Waals surface area contributed by atoms with Crippen molar-refractivity contribution < 1.29 is 10.0 Å². The summed E-state index contributed by atoms with van der Waals surface area (Å²) in [7, 11) is -1.47. The molecule has 4 nitrogen and oxygen atoms in total. The lowest BCUT2D eigenvalue weighted by molar-refractivity contribution is 0.425. The van der Waals surface area contributed by atoms with Gasteiger partial charge in [-0.2, -0.15) is 0 Å². The van der Waals surface area contributed by atoms with Gasteiger partial charge in [-0.3, -0.25) is 0 Å². The molecule has 0 atom stereocenters. The second-order valence-electron chi connectivity index (χ2n) is 2.34. The first-order valence-electron chi connectivity index (χ1n) is 3.20. The molecule has 1 rings (SSSR count). The number of rotatable bonds is 1. The van der Waals surface area contributed by atoms with Crippen molar-refractivity contribution in [1.29, 1.82) is 0 Å². The molecule has 0 aliphatic heterocycles. The molecule has 0 unspecified atom stereocenters. The van der Waals surface area contributed by atoms with Crippen LogP contribution in [0, 0.1) is 6.92 Å². The zero-order chi connectivity index (χ0) is 8.43. The monoisotopic (exact) mass is 152 g/mol. The highest BCUT2D eigenvalue weighted by Crippen LogP contribution is 1.96. The van der Waals surface area contributed by atoms with Crippen molar-refractivity contribution in [3.8, 4) is 0 Å². The van der Waals surface area contributed by atoms with E-state index in [1.54, 1.807) is 13.0 Å². The minimum Gasteiger partial charge on any atom is -0.423 e. The molecule has 4 N–H and O–H groups in total. The number of nitrogens with zero attached hydrogens (tertiary/aromatic N) is 1. The molecule has 1 aromatic rings. The fraction of sp³-hybridized carbons (Fsp3) is 0.167. The number of hydrogen-bond acceptors (Lipinski definition) is 4. The highest BCUT2D eigenvalue weighted by molar-refractivity contribution is 6.58. The molecule has 0 fully saturated rings. The average molecular weight is 152 g/mol. The Labute approximate surface area is 64.8 Å². The maximum absolute atomic E-state index is 8.74. The van der Waals surface area contributed by atoms with Crippen LogP contribution < -0.4 is 11.2 Å². The molecule has 11 heavy (non-hydrogen) atoms. The van der Waals surface area contributed by atoms with Crippen molar-refractivity contribution in [2.75, 3.05) is 5.73 Å². The lowest BCUT2D eigenvalue weighted by atomic mass is 9.80. The van der Waals surface area contributed by atoms with E-state index in [9.17, 15) is 0 Å². The van der Waals surface area contributed by atoms with Crippen molar-refractivity contribution in [3.63, 3.8) is 0 Å². The molecule has 0 aromatic carbocycles. The van der Waals surface area contributed by atoms with Crippen LogP contribution in [0.15, 0.2) is 12.1 Å². The highest BCUT2D eigenvalue weighted by Gasteiger charge is 2.11. The average Bonchev–Trinajstić information content (AvgIpc) is 1.85. The summed E-state index contributed by atoms with van der Waals surface area (Å²) in [5, 5.41) is 17.5. The van der Waals surface area contributed by atoms with Crippen molar-refractivity contribution >= 4 is 18.4 Å². The van der Waals surface area contributed by atoms with Crippen molar-refractivity contribution in [2.24, 2.45) is 0 Å². The van der Waals surface area contributed by atoms with E-state index in [-0.39, 0.29) is 0 Å². The Kier molecular flexibility index (Phi) is 2.12. The van der Waals surface area contributed by atoms with E-state index in [1.807, 2.05) is 0 Å². The molecule has 0 radical (unpaired) electrons. The van der Waals surface area contributed by atoms with E-state index in [1.165, 1.54) is 6.07 Å². The second-order valence-corrected chi connectivity index (χ2v) is 2.34. The van der Waals surface area contributed by atoms with Gasteiger partial charge in [-0.05, 0) is 24.5 Å². The minimum absolute atomic E-state index is 0.299. The third-order valence-electron chi connectivity index (χ3n) is 1.29. The van der Waals surface area contributed by atoms with E-state index >= 15 is 0 Å². The molecule has 1 aromatic heterocycles. The van der Waals surface area contributed by atoms with E-state index in [4.69, 9.17) is 15.8 Å². The molecule has 58 valence electrons. The summed E-state index contributed by atoms with van der Waals surface area (Å²) < 4.78 is 0. The third-order valence-corrected chi connectivity index (χ3v) is 1.29. The number of nitrogens with two attached hydrogens (primary N) is 1. The number of aromatic nitrogens is 1. The van der Waals surface area contributed by atoms with Gasteiger partial charge in [0, 0.05) is 5.69 Å². The molecular formula is C6H9BN2O2. The van der Waals surface area contributed by atoms with Crippen molar-refractivity contribution in [2.45, 2.75) is 6.92 Å². The first kappa shape index (κ1) is 8.04. The first-order valence-corrected chi connectivity index (χ1v) is 3.20. The summed E-state index contributed by atoms with van der Waals surface area (Å²) in [6.45, 7) is 1.74. The van der Waals surface area contributed by atoms with Crippen LogP contribution in [-0.2, 0) is 0 Å². The fourth-order valence-electron chi connectivity index (χ4n) is 0.871. The topological polar surface area (TPSA) is 79.4 Å². The van der Waals surface area contributed by atoms with Gasteiger partial charge < -0.3 is 15.8 Å². The molecule has 0 saturated carbocycles. The lowest BCUT2D eigenvalue weighted by Crippen LogP contribution is -2.30. The summed E-state index contributed by atoms with van der Waals surface area (Å²) >= 11 is 0. The number of nitrogen functional groups attached to an aromatic ring is 1. The van der Waals surface area contributed by atoms with Gasteiger partial charge in [-0.25, -0.2) is 4.98 Å². The molecule has 0 aliphatic carbocycles. The Morgan fingerprint density at radius 1 is 1.45 bits per heavy atom. The van der Waals surface area contributed by atoms with Gasteiger partial charge in [-0.1, -0.05) is 0 Å². The molecule has 0 spiro atoms. The van der Waals surface area contributed by atoms with Gasteiger partial charge in [0.1, 0.15) is 5.82 Å². The van der Waals surface area contributed by atoms with Gasteiger partial charge in [-0.15, -0.1) is 0 Å². The Morgan fingerprint density at radius 3 is 2.55 bits per heavy atom. The van der Waals surface area contributed by atoms with Crippen LogP contribution in [-0.4, -0.2) is 22.2 Å². The molecule has 0 aliphatic rings. The quantitative estimate of drug-likeness (QED) is 0.434. The Hall–Kier alpha value is -1.07. The summed E-state index contributed by atoms with van der Waals surface area (Å²) in [4.78, 5) is 3.87. The van der Waals surface area contributed by atoms with Gasteiger partial charge in [0.2, 0.25) is 0 Å². The lowest BCUT2D eigenvalue weighted by Gasteiger charge is -2.01. The highest BCUT2D eigenvalue weighted by atomic mass is 16.4. The molecule has 0 amide bonds. The summed E-state index contributed by atoms with van der Waals surface area (Å²) in [6.07, 6.45) is 0. The van der Waals surface area contributed by atoms with Gasteiger partial charge in [0.15, 0.2) is 0 Å². The molecule has 0 bridgehead atoms. The van der Waals surface area contributed by atoms with Gasteiger partial charge in [0.25, 0.3) is 0 Å². The maximum Gasteiger partial charge on any atom is 0.488 e. The van der Waals surface area contributed by atoms with E-state index < -0.39 is 7.12 Å². The van der Waals surface area contributed by atoms with Crippen LogP contribution in [0.4, 0.5) is 5.82 Å². The first-order chi connectivity index (χ1) is 5.09. The fourth-order valence-corrected chi connectivity index (χ4v) is 0.871. The normalized spacial score (nSPS) is 9.73. The van der Waals surface area contributed by atoms with Crippen molar-refractivity contribution in [3.05, 3.63) is 17.8 Å². The Morgan fingerprint density at radius 2 is 2.09 bits per heavy atom. The predicted molar refractivity (Wildman–Crippen MR) is 43.2 cm³/mol. The largest absolute Gasteiger partial charge is 0.488 e. The summed E-state index contributed by atoms with van der Waals surface area (Å²) in [5.41, 5.74) is 6.41. The zero-order valence-corrected chi connectivity index (χ0v) is 6.15. The minimum atomic E-state index is -1.47. The SMILES string of the molecule is Cc1cc(B(O)O)cc(N)n1. The molecule has 1 heterocycles. The maximum atomic E-state index is 8.74. The predicted octanol–water partition coefficient (Wildman–Crippen LogP) is -1.35. The third kappa shape index (κ3) is 1.93. The van der Waals surface area contributed by atoms with E-state index in [2.05, 4.69) is 4.98 Å². The Bertz CT molecular complexity index is 245. The van der Waals surface area contributed by atoms with Crippen LogP contribution >= 0.6 is 0 Å². The smallest absolute Gasteiger partial charge is 0.423 e. The van der Waals surface area contributed by atoms with Crippen LogP contribution in [0.2, 0.25) is 0 Å². The molecule has 5 heteroatoms. The summed E-state index contributed by atoms with van der Waals surface area (Å²) in [6, 6.07) is 3.00. The van der Waals surface area contributed by atoms with Gasteiger partial charge in [0.05, 0.1) is 0 Å². The molecular weight excluding hydrogens is 143 g/mol. The van der Waals surface area contributed by atoms with Crippen LogP contribution in [0.25, 0.3) is 0 Å². The van der Waals surface area contributed by atoms with Gasteiger partial charge >= 0.3 is 7.12 Å². The van der Waals surface area contributed by atoms with Crippen LogP contribution in [0.1, 0.15) is 5.69 Å². The van der Waals surface area contributed by atoms with E-state index in [0.717, 1.165) is 0 Å². The number of anilines is 1.